The molecular formula is C14H15BrN2O4. The number of benzene rings is 1. The van der Waals surface area contributed by atoms with E-state index in [9.17, 15) is 9.59 Å². The van der Waals surface area contributed by atoms with E-state index in [-0.39, 0.29) is 0 Å². The maximum atomic E-state index is 9.55. The molecule has 0 radical (unpaired) electrons. The maximum absolute atomic E-state index is 9.55. The molecule has 0 bridgehead atoms. The Labute approximate surface area is 129 Å². The average Bonchev–Trinajstić information content (AvgIpc) is 2.80. The van der Waals surface area contributed by atoms with Gasteiger partial charge in [0, 0.05) is 41.4 Å². The number of carboxylic acids is 2. The second-order valence-electron chi connectivity index (χ2n) is 4.01. The quantitative estimate of drug-likeness (QED) is 0.728. The molecule has 0 aliphatic heterocycles. The van der Waals surface area contributed by atoms with E-state index in [0.717, 1.165) is 11.0 Å². The lowest BCUT2D eigenvalue weighted by Gasteiger charge is -2.02. The zero-order chi connectivity index (χ0) is 15.8. The standard InChI is InChI=1S/C10H11BrN2.C4H4O4/c11-9-2-1-8-3-5-13(6-4-12)10(8)7-9;5-3(6)1-2-4(7)8/h1-3,5,7H,4,6,12H2;1-2H,(H,5,6)(H,7,8). The number of carbonyl (C=O) groups is 2. The summed E-state index contributed by atoms with van der Waals surface area (Å²) in [5.74, 6) is -2.51. The van der Waals surface area contributed by atoms with Crippen LogP contribution in [0.15, 0.2) is 47.1 Å². The van der Waals surface area contributed by atoms with Crippen LogP contribution in [0.1, 0.15) is 0 Å². The largest absolute Gasteiger partial charge is 0.478 e. The number of halogens is 1. The Morgan fingerprint density at radius 1 is 1.19 bits per heavy atom. The van der Waals surface area contributed by atoms with Crippen LogP contribution < -0.4 is 5.73 Å². The van der Waals surface area contributed by atoms with Crippen LogP contribution in [0.3, 0.4) is 0 Å². The first kappa shape index (κ1) is 16.9. The van der Waals surface area contributed by atoms with Gasteiger partial charge in [0.15, 0.2) is 0 Å². The van der Waals surface area contributed by atoms with Gasteiger partial charge in [-0.15, -0.1) is 0 Å². The second kappa shape index (κ2) is 8.23. The van der Waals surface area contributed by atoms with E-state index < -0.39 is 11.9 Å². The highest BCUT2D eigenvalue weighted by molar-refractivity contribution is 9.10. The van der Waals surface area contributed by atoms with Gasteiger partial charge in [0.05, 0.1) is 0 Å². The van der Waals surface area contributed by atoms with Crippen molar-refractivity contribution in [1.29, 1.82) is 0 Å². The minimum atomic E-state index is -1.26. The van der Waals surface area contributed by atoms with Crippen molar-refractivity contribution in [3.8, 4) is 0 Å². The van der Waals surface area contributed by atoms with Gasteiger partial charge in [0.2, 0.25) is 0 Å². The van der Waals surface area contributed by atoms with Crippen LogP contribution >= 0.6 is 15.9 Å². The van der Waals surface area contributed by atoms with Gasteiger partial charge in [0.25, 0.3) is 0 Å². The van der Waals surface area contributed by atoms with E-state index in [2.05, 4.69) is 51.0 Å². The molecule has 0 aliphatic carbocycles. The molecule has 1 aromatic heterocycles. The van der Waals surface area contributed by atoms with Crippen molar-refractivity contribution in [2.75, 3.05) is 6.54 Å². The third-order valence-corrected chi connectivity index (χ3v) is 2.97. The van der Waals surface area contributed by atoms with E-state index in [4.69, 9.17) is 15.9 Å². The molecule has 0 atom stereocenters. The van der Waals surface area contributed by atoms with Crippen molar-refractivity contribution >= 4 is 38.8 Å². The number of rotatable bonds is 4. The molecular weight excluding hydrogens is 340 g/mol. The molecule has 0 unspecified atom stereocenters. The molecule has 112 valence electrons. The smallest absolute Gasteiger partial charge is 0.328 e. The molecule has 1 aromatic carbocycles. The first-order valence-electron chi connectivity index (χ1n) is 6.02. The predicted molar refractivity (Wildman–Crippen MR) is 83.1 cm³/mol. The predicted octanol–water partition coefficient (Wildman–Crippen LogP) is 2.07. The molecule has 1 heterocycles. The van der Waals surface area contributed by atoms with Gasteiger partial charge in [-0.25, -0.2) is 9.59 Å². The normalized spacial score (nSPS) is 10.4. The van der Waals surface area contributed by atoms with Crippen molar-refractivity contribution in [1.82, 2.24) is 4.57 Å². The highest BCUT2D eigenvalue weighted by atomic mass is 79.9. The third kappa shape index (κ3) is 5.80. The van der Waals surface area contributed by atoms with Crippen LogP contribution in [0.4, 0.5) is 0 Å². The highest BCUT2D eigenvalue weighted by Gasteiger charge is 1.99. The number of nitrogens with two attached hydrogens (primary N) is 1. The molecule has 4 N–H and O–H groups in total. The molecule has 6 nitrogen and oxygen atoms in total. The summed E-state index contributed by atoms with van der Waals surface area (Å²) >= 11 is 3.46. The summed E-state index contributed by atoms with van der Waals surface area (Å²) in [5, 5.41) is 16.9. The van der Waals surface area contributed by atoms with Crippen molar-refractivity contribution in [3.63, 3.8) is 0 Å². The Kier molecular flexibility index (Phi) is 6.64. The Morgan fingerprint density at radius 3 is 2.33 bits per heavy atom. The van der Waals surface area contributed by atoms with E-state index in [0.29, 0.717) is 18.7 Å². The van der Waals surface area contributed by atoms with E-state index in [1.165, 1.54) is 10.9 Å². The molecule has 0 spiro atoms. The number of fused-ring (bicyclic) bond motifs is 1. The fourth-order valence-corrected chi connectivity index (χ4v) is 1.98. The molecule has 21 heavy (non-hydrogen) atoms. The Hall–Kier alpha value is -2.12. The number of nitrogens with zero attached hydrogens (tertiary/aromatic N) is 1. The van der Waals surface area contributed by atoms with Crippen LogP contribution in [0, 0.1) is 0 Å². The molecule has 0 saturated heterocycles. The van der Waals surface area contributed by atoms with Crippen LogP contribution in [0.2, 0.25) is 0 Å². The Balaban J connectivity index is 0.000000240. The van der Waals surface area contributed by atoms with Crippen molar-refractivity contribution in [2.45, 2.75) is 6.54 Å². The Bertz CT molecular complexity index is 648. The first-order chi connectivity index (χ1) is 9.93. The lowest BCUT2D eigenvalue weighted by Crippen LogP contribution is -2.08. The first-order valence-corrected chi connectivity index (χ1v) is 6.81. The number of aromatic nitrogens is 1. The molecule has 0 fully saturated rings. The van der Waals surface area contributed by atoms with Gasteiger partial charge in [-0.1, -0.05) is 22.0 Å². The number of carboxylic acid groups (broad SMARTS) is 2. The number of hydrogen-bond acceptors (Lipinski definition) is 3. The van der Waals surface area contributed by atoms with Gasteiger partial charge in [-0.3, -0.25) is 0 Å². The minimum absolute atomic E-state index is 0.558. The zero-order valence-electron chi connectivity index (χ0n) is 11.1. The van der Waals surface area contributed by atoms with Crippen molar-refractivity contribution < 1.29 is 19.8 Å². The fraction of sp³-hybridized carbons (Fsp3) is 0.143. The lowest BCUT2D eigenvalue weighted by atomic mass is 10.2. The van der Waals surface area contributed by atoms with E-state index in [1.807, 2.05) is 0 Å². The zero-order valence-corrected chi connectivity index (χ0v) is 12.7. The minimum Gasteiger partial charge on any atom is -0.478 e. The lowest BCUT2D eigenvalue weighted by molar-refractivity contribution is -0.134. The summed E-state index contributed by atoms with van der Waals surface area (Å²) in [6.45, 7) is 1.55. The molecule has 7 heteroatoms. The topological polar surface area (TPSA) is 106 Å². The average molecular weight is 355 g/mol. The summed E-state index contributed by atoms with van der Waals surface area (Å²) in [6.07, 6.45) is 3.19. The van der Waals surface area contributed by atoms with Gasteiger partial charge in [-0.05, 0) is 23.6 Å². The monoisotopic (exact) mass is 354 g/mol. The maximum Gasteiger partial charge on any atom is 0.328 e. The summed E-state index contributed by atoms with van der Waals surface area (Å²) in [5.41, 5.74) is 6.75. The Morgan fingerprint density at radius 2 is 1.81 bits per heavy atom. The van der Waals surface area contributed by atoms with Gasteiger partial charge in [-0.2, -0.15) is 0 Å². The molecule has 0 saturated carbocycles. The van der Waals surface area contributed by atoms with Gasteiger partial charge < -0.3 is 20.5 Å². The molecule has 0 aliphatic rings. The number of hydrogen-bond donors (Lipinski definition) is 3. The summed E-state index contributed by atoms with van der Waals surface area (Å²) < 4.78 is 3.28. The van der Waals surface area contributed by atoms with E-state index >= 15 is 0 Å². The summed E-state index contributed by atoms with van der Waals surface area (Å²) in [6, 6.07) is 8.38. The van der Waals surface area contributed by atoms with Crippen LogP contribution in [0.25, 0.3) is 10.9 Å². The molecule has 2 rings (SSSR count). The molecule has 2 aromatic rings. The summed E-state index contributed by atoms with van der Waals surface area (Å²) in [4.78, 5) is 19.1. The summed E-state index contributed by atoms with van der Waals surface area (Å²) in [7, 11) is 0. The van der Waals surface area contributed by atoms with Gasteiger partial charge >= 0.3 is 11.9 Å². The van der Waals surface area contributed by atoms with Crippen LogP contribution in [-0.4, -0.2) is 33.3 Å². The fourth-order valence-electron chi connectivity index (χ4n) is 1.63. The van der Waals surface area contributed by atoms with Crippen LogP contribution in [-0.2, 0) is 16.1 Å². The van der Waals surface area contributed by atoms with Crippen molar-refractivity contribution in [3.05, 3.63) is 47.1 Å². The third-order valence-electron chi connectivity index (χ3n) is 2.47. The van der Waals surface area contributed by atoms with E-state index in [1.54, 1.807) is 0 Å². The molecule has 0 amide bonds. The number of aliphatic carboxylic acids is 2. The van der Waals surface area contributed by atoms with Crippen LogP contribution in [0.5, 0.6) is 0 Å². The second-order valence-corrected chi connectivity index (χ2v) is 4.93. The van der Waals surface area contributed by atoms with Crippen molar-refractivity contribution in [2.24, 2.45) is 5.73 Å². The SMILES string of the molecule is NCCn1ccc2ccc(Br)cc21.O=C(O)C=CC(=O)O. The van der Waals surface area contributed by atoms with Gasteiger partial charge in [0.1, 0.15) is 0 Å². The highest BCUT2D eigenvalue weighted by Crippen LogP contribution is 2.20.